The van der Waals surface area contributed by atoms with Crippen molar-refractivity contribution < 1.29 is 19.5 Å². The number of phenolic OH excluding ortho intramolecular Hbond substituents is 1. The number of barbiturate groups is 1. The van der Waals surface area contributed by atoms with E-state index in [0.29, 0.717) is 19.3 Å². The van der Waals surface area contributed by atoms with Crippen LogP contribution in [0.3, 0.4) is 0 Å². The van der Waals surface area contributed by atoms with Crippen molar-refractivity contribution in [1.82, 2.24) is 5.32 Å². The largest absolute Gasteiger partial charge is 0.506 e. The summed E-state index contributed by atoms with van der Waals surface area (Å²) in [6.07, 6.45) is 1.39. The maximum atomic E-state index is 12.9. The zero-order valence-corrected chi connectivity index (χ0v) is 18.1. The molecule has 0 bridgehead atoms. The molecule has 0 spiro atoms. The molecule has 0 unspecified atom stereocenters. The van der Waals surface area contributed by atoms with Gasteiger partial charge in [0.1, 0.15) is 11.3 Å². The maximum Gasteiger partial charge on any atom is 0.335 e. The Bertz CT molecular complexity index is 1010. The number of amides is 4. The first-order valence-electron chi connectivity index (χ1n) is 7.85. The van der Waals surface area contributed by atoms with Crippen molar-refractivity contribution in [2.24, 2.45) is 0 Å². The van der Waals surface area contributed by atoms with Crippen LogP contribution in [0.2, 0.25) is 0 Å². The van der Waals surface area contributed by atoms with Gasteiger partial charge in [-0.05, 0) is 99.4 Å². The highest BCUT2D eigenvalue weighted by Gasteiger charge is 2.36. The average molecular weight is 541 g/mol. The predicted octanol–water partition coefficient (Wildman–Crippen LogP) is 4.04. The number of benzene rings is 2. The van der Waals surface area contributed by atoms with Crippen LogP contribution < -0.4 is 10.2 Å². The number of rotatable bonds is 2. The van der Waals surface area contributed by atoms with Crippen molar-refractivity contribution in [1.29, 1.82) is 0 Å². The van der Waals surface area contributed by atoms with Crippen molar-refractivity contribution >= 4 is 68.1 Å². The van der Waals surface area contributed by atoms with Crippen molar-refractivity contribution in [3.8, 4) is 5.75 Å². The SMILES string of the molecule is Cc1ccc(N2C(=O)NC(=O)/C(=C\c3cc(Br)c(O)c(I)c3)C2=O)cc1C. The lowest BCUT2D eigenvalue weighted by Crippen LogP contribution is -2.54. The molecule has 27 heavy (non-hydrogen) atoms. The summed E-state index contributed by atoms with van der Waals surface area (Å²) in [7, 11) is 0. The zero-order chi connectivity index (χ0) is 19.9. The van der Waals surface area contributed by atoms with Crippen LogP contribution in [0.1, 0.15) is 16.7 Å². The average Bonchev–Trinajstić information content (AvgIpc) is 2.59. The monoisotopic (exact) mass is 540 g/mol. The first kappa shape index (κ1) is 19.6. The molecule has 4 amide bonds. The minimum atomic E-state index is -0.785. The molecule has 2 N–H and O–H groups in total. The van der Waals surface area contributed by atoms with Gasteiger partial charge >= 0.3 is 6.03 Å². The molecule has 1 aliphatic heterocycles. The molecule has 2 aromatic rings. The van der Waals surface area contributed by atoms with E-state index < -0.39 is 17.8 Å². The van der Waals surface area contributed by atoms with Gasteiger partial charge < -0.3 is 5.11 Å². The number of aromatic hydroxyl groups is 1. The highest BCUT2D eigenvalue weighted by atomic mass is 127. The van der Waals surface area contributed by atoms with Crippen LogP contribution in [-0.4, -0.2) is 23.0 Å². The molecule has 0 saturated carbocycles. The highest BCUT2D eigenvalue weighted by molar-refractivity contribution is 14.1. The minimum Gasteiger partial charge on any atom is -0.506 e. The number of urea groups is 1. The van der Waals surface area contributed by atoms with E-state index in [4.69, 9.17) is 0 Å². The van der Waals surface area contributed by atoms with Crippen LogP contribution >= 0.6 is 38.5 Å². The Morgan fingerprint density at radius 2 is 1.81 bits per heavy atom. The topological polar surface area (TPSA) is 86.7 Å². The van der Waals surface area contributed by atoms with Crippen molar-refractivity contribution in [2.45, 2.75) is 13.8 Å². The molecule has 6 nitrogen and oxygen atoms in total. The van der Waals surface area contributed by atoms with Gasteiger partial charge in [-0.2, -0.15) is 0 Å². The van der Waals surface area contributed by atoms with Crippen molar-refractivity contribution in [3.05, 3.63) is 60.6 Å². The van der Waals surface area contributed by atoms with Gasteiger partial charge in [0.25, 0.3) is 11.8 Å². The summed E-state index contributed by atoms with van der Waals surface area (Å²) in [4.78, 5) is 38.4. The smallest absolute Gasteiger partial charge is 0.335 e. The normalized spacial score (nSPS) is 16.1. The van der Waals surface area contributed by atoms with Gasteiger partial charge in [0.15, 0.2) is 0 Å². The number of phenols is 1. The van der Waals surface area contributed by atoms with Gasteiger partial charge in [-0.1, -0.05) is 6.07 Å². The highest BCUT2D eigenvalue weighted by Crippen LogP contribution is 2.32. The molecule has 2 aromatic carbocycles. The van der Waals surface area contributed by atoms with Crippen LogP contribution in [0.25, 0.3) is 6.08 Å². The summed E-state index contributed by atoms with van der Waals surface area (Å²) < 4.78 is 0.992. The lowest BCUT2D eigenvalue weighted by molar-refractivity contribution is -0.122. The molecule has 8 heteroatoms. The lowest BCUT2D eigenvalue weighted by Gasteiger charge is -2.26. The first-order chi connectivity index (χ1) is 12.7. The van der Waals surface area contributed by atoms with E-state index in [2.05, 4.69) is 21.2 Å². The second-order valence-electron chi connectivity index (χ2n) is 6.06. The molecule has 3 rings (SSSR count). The summed E-state index contributed by atoms with van der Waals surface area (Å²) in [6.45, 7) is 3.80. The molecule has 138 valence electrons. The fourth-order valence-corrected chi connectivity index (χ4v) is 4.09. The van der Waals surface area contributed by atoms with E-state index in [1.807, 2.05) is 42.5 Å². The molecular weight excluding hydrogens is 527 g/mol. The number of imide groups is 2. The van der Waals surface area contributed by atoms with E-state index >= 15 is 0 Å². The van der Waals surface area contributed by atoms with E-state index in [1.165, 1.54) is 6.08 Å². The molecule has 0 aliphatic carbocycles. The molecule has 1 saturated heterocycles. The molecule has 1 fully saturated rings. The van der Waals surface area contributed by atoms with Crippen molar-refractivity contribution in [3.63, 3.8) is 0 Å². The zero-order valence-electron chi connectivity index (χ0n) is 14.3. The van der Waals surface area contributed by atoms with Crippen LogP contribution in [0.5, 0.6) is 5.75 Å². The summed E-state index contributed by atoms with van der Waals surface area (Å²) in [5, 5.41) is 12.0. The van der Waals surface area contributed by atoms with E-state index in [9.17, 15) is 19.5 Å². The standard InChI is InChI=1S/C19H14BrIN2O4/c1-9-3-4-12(5-10(9)2)23-18(26)13(17(25)22-19(23)27)6-11-7-14(20)16(24)15(21)8-11/h3-8,24H,1-2H3,(H,22,25,27)/b13-6+. The number of anilines is 1. The Balaban J connectivity index is 2.06. The third kappa shape index (κ3) is 3.77. The number of carbonyl (C=O) groups is 3. The quantitative estimate of drug-likeness (QED) is 0.342. The van der Waals surface area contributed by atoms with Gasteiger partial charge in [0.2, 0.25) is 0 Å². The third-order valence-electron chi connectivity index (χ3n) is 4.20. The third-order valence-corrected chi connectivity index (χ3v) is 5.63. The summed E-state index contributed by atoms with van der Waals surface area (Å²) in [6, 6.07) is 7.62. The van der Waals surface area contributed by atoms with Crippen molar-refractivity contribution in [2.75, 3.05) is 4.90 Å². The fourth-order valence-electron chi connectivity index (χ4n) is 2.59. The van der Waals surface area contributed by atoms with Gasteiger partial charge in [0.05, 0.1) is 13.7 Å². The van der Waals surface area contributed by atoms with Gasteiger partial charge in [-0.15, -0.1) is 0 Å². The Hall–Kier alpha value is -2.20. The lowest BCUT2D eigenvalue weighted by atomic mass is 10.1. The van der Waals surface area contributed by atoms with Gasteiger partial charge in [-0.3, -0.25) is 14.9 Å². The Kier molecular flexibility index (Phi) is 5.38. The number of halogens is 2. The Labute approximate surface area is 177 Å². The van der Waals surface area contributed by atoms with E-state index in [-0.39, 0.29) is 11.3 Å². The molecule has 0 aromatic heterocycles. The second kappa shape index (κ2) is 7.43. The Morgan fingerprint density at radius 1 is 1.11 bits per heavy atom. The second-order valence-corrected chi connectivity index (χ2v) is 8.08. The van der Waals surface area contributed by atoms with Crippen LogP contribution in [0.4, 0.5) is 10.5 Å². The fraction of sp³-hybridized carbons (Fsp3) is 0.105. The Morgan fingerprint density at radius 3 is 2.44 bits per heavy atom. The molecule has 0 radical (unpaired) electrons. The number of nitrogens with zero attached hydrogens (tertiary/aromatic N) is 1. The molecule has 1 heterocycles. The summed E-state index contributed by atoms with van der Waals surface area (Å²) in [5.74, 6) is -1.39. The molecule has 0 atom stereocenters. The van der Waals surface area contributed by atoms with Crippen LogP contribution in [0.15, 0.2) is 40.4 Å². The first-order valence-corrected chi connectivity index (χ1v) is 9.73. The van der Waals surface area contributed by atoms with E-state index in [0.717, 1.165) is 16.0 Å². The number of aryl methyl sites for hydroxylation is 2. The summed E-state index contributed by atoms with van der Waals surface area (Å²) in [5.41, 5.74) is 2.71. The van der Waals surface area contributed by atoms with Gasteiger partial charge in [-0.25, -0.2) is 9.69 Å². The number of hydrogen-bond acceptors (Lipinski definition) is 4. The molecule has 1 aliphatic rings. The number of nitrogens with one attached hydrogen (secondary N) is 1. The molecular formula is C19H14BrIN2O4. The van der Waals surface area contributed by atoms with Crippen LogP contribution in [0, 0.1) is 17.4 Å². The van der Waals surface area contributed by atoms with E-state index in [1.54, 1.807) is 24.3 Å². The maximum absolute atomic E-state index is 12.9. The van der Waals surface area contributed by atoms with Gasteiger partial charge in [0, 0.05) is 0 Å². The predicted molar refractivity (Wildman–Crippen MR) is 113 cm³/mol. The number of hydrogen-bond donors (Lipinski definition) is 2. The number of carbonyl (C=O) groups excluding carboxylic acids is 3. The minimum absolute atomic E-state index is 0.0732. The summed E-state index contributed by atoms with van der Waals surface area (Å²) >= 11 is 5.18. The van der Waals surface area contributed by atoms with Crippen LogP contribution in [-0.2, 0) is 9.59 Å².